The molecule has 5 rings (SSSR count). The lowest BCUT2D eigenvalue weighted by Crippen LogP contribution is -2.34. The highest BCUT2D eigenvalue weighted by atomic mass is 19.1. The summed E-state index contributed by atoms with van der Waals surface area (Å²) in [5.74, 6) is -0.415. The topological polar surface area (TPSA) is 123 Å². The summed E-state index contributed by atoms with van der Waals surface area (Å²) in [6, 6.07) is 13.7. The number of rotatable bonds is 4. The summed E-state index contributed by atoms with van der Waals surface area (Å²) < 4.78 is 20.7. The minimum Gasteiger partial charge on any atom is -0.414 e. The van der Waals surface area contributed by atoms with Gasteiger partial charge in [0.05, 0.1) is 17.5 Å². The smallest absolute Gasteiger partial charge is 0.270 e. The highest BCUT2D eigenvalue weighted by Gasteiger charge is 2.22. The van der Waals surface area contributed by atoms with Crippen LogP contribution in [0.3, 0.4) is 0 Å². The van der Waals surface area contributed by atoms with Crippen LogP contribution in [-0.4, -0.2) is 57.2 Å². The van der Waals surface area contributed by atoms with Gasteiger partial charge >= 0.3 is 0 Å². The van der Waals surface area contributed by atoms with Gasteiger partial charge in [-0.2, -0.15) is 0 Å². The summed E-state index contributed by atoms with van der Waals surface area (Å²) in [6.07, 6.45) is 2.26. The van der Waals surface area contributed by atoms with Crippen molar-refractivity contribution in [2.24, 2.45) is 0 Å². The maximum absolute atomic E-state index is 15.0. The Balaban J connectivity index is 1.43. The van der Waals surface area contributed by atoms with Gasteiger partial charge in [-0.25, -0.2) is 14.4 Å². The lowest BCUT2D eigenvalue weighted by molar-refractivity contribution is 0.0761. The van der Waals surface area contributed by atoms with E-state index in [1.54, 1.807) is 11.0 Å². The first-order valence-electron chi connectivity index (χ1n) is 10.9. The Hall–Kier alpha value is -4.18. The standard InChI is InChI=1S/C24H22FN7O2/c25-18-13-16(7-8-17(18)24(33)32-11-4-9-27-10-12-32)19-14-28-21(26)20(29-19)23-31-30-22(34-23)15-5-2-1-3-6-15/h1-3,5-8,13-14,27H,4,9-12H2,(H2,26,28). The highest BCUT2D eigenvalue weighted by Crippen LogP contribution is 2.28. The molecule has 0 bridgehead atoms. The molecule has 172 valence electrons. The predicted octanol–water partition coefficient (Wildman–Crippen LogP) is 3.02. The third kappa shape index (κ3) is 4.35. The van der Waals surface area contributed by atoms with Gasteiger partial charge in [0, 0.05) is 30.8 Å². The number of amides is 1. The molecule has 10 heteroatoms. The van der Waals surface area contributed by atoms with Gasteiger partial charge in [-0.1, -0.05) is 24.3 Å². The normalized spacial score (nSPS) is 14.1. The van der Waals surface area contributed by atoms with Crippen molar-refractivity contribution in [3.8, 4) is 34.3 Å². The third-order valence-corrected chi connectivity index (χ3v) is 5.57. The number of nitrogen functional groups attached to an aromatic ring is 1. The van der Waals surface area contributed by atoms with Crippen LogP contribution in [0.5, 0.6) is 0 Å². The van der Waals surface area contributed by atoms with Crippen LogP contribution in [-0.2, 0) is 0 Å². The van der Waals surface area contributed by atoms with Crippen molar-refractivity contribution in [1.82, 2.24) is 30.4 Å². The van der Waals surface area contributed by atoms with Gasteiger partial charge in [-0.15, -0.1) is 10.2 Å². The Labute approximate surface area is 194 Å². The zero-order chi connectivity index (χ0) is 23.5. The average molecular weight is 459 g/mol. The lowest BCUT2D eigenvalue weighted by Gasteiger charge is -2.20. The van der Waals surface area contributed by atoms with Crippen LogP contribution in [0.1, 0.15) is 16.8 Å². The maximum Gasteiger partial charge on any atom is 0.270 e. The van der Waals surface area contributed by atoms with Crippen molar-refractivity contribution in [3.63, 3.8) is 0 Å². The molecule has 34 heavy (non-hydrogen) atoms. The van der Waals surface area contributed by atoms with E-state index in [0.717, 1.165) is 18.5 Å². The van der Waals surface area contributed by atoms with E-state index in [9.17, 15) is 9.18 Å². The molecule has 0 atom stereocenters. The van der Waals surface area contributed by atoms with E-state index in [0.29, 0.717) is 36.8 Å². The quantitative estimate of drug-likeness (QED) is 0.477. The summed E-state index contributed by atoms with van der Waals surface area (Å²) in [5, 5.41) is 11.3. The molecule has 0 saturated carbocycles. The summed E-state index contributed by atoms with van der Waals surface area (Å²) >= 11 is 0. The largest absolute Gasteiger partial charge is 0.414 e. The van der Waals surface area contributed by atoms with E-state index in [1.807, 2.05) is 30.3 Å². The number of anilines is 1. The Morgan fingerprint density at radius 3 is 2.68 bits per heavy atom. The van der Waals surface area contributed by atoms with Crippen molar-refractivity contribution in [3.05, 3.63) is 66.1 Å². The number of carbonyl (C=O) groups is 1. The zero-order valence-corrected chi connectivity index (χ0v) is 18.2. The molecule has 1 fully saturated rings. The molecular formula is C24H22FN7O2. The van der Waals surface area contributed by atoms with Gasteiger partial charge in [-0.05, 0) is 37.2 Å². The van der Waals surface area contributed by atoms with Gasteiger partial charge in [-0.3, -0.25) is 4.79 Å². The van der Waals surface area contributed by atoms with Crippen molar-refractivity contribution >= 4 is 11.7 Å². The Bertz CT molecular complexity index is 1320. The first kappa shape index (κ1) is 21.7. The molecule has 3 heterocycles. The number of nitrogens with two attached hydrogens (primary N) is 1. The van der Waals surface area contributed by atoms with E-state index >= 15 is 0 Å². The second-order valence-corrected chi connectivity index (χ2v) is 7.86. The molecule has 1 aliphatic rings. The summed E-state index contributed by atoms with van der Waals surface area (Å²) in [6.45, 7) is 2.67. The molecule has 9 nitrogen and oxygen atoms in total. The second-order valence-electron chi connectivity index (χ2n) is 7.86. The van der Waals surface area contributed by atoms with E-state index < -0.39 is 5.82 Å². The molecule has 1 amide bonds. The van der Waals surface area contributed by atoms with Crippen LogP contribution >= 0.6 is 0 Å². The van der Waals surface area contributed by atoms with Gasteiger partial charge in [0.25, 0.3) is 11.8 Å². The maximum atomic E-state index is 15.0. The van der Waals surface area contributed by atoms with Crippen molar-refractivity contribution in [1.29, 1.82) is 0 Å². The number of halogens is 1. The van der Waals surface area contributed by atoms with E-state index in [-0.39, 0.29) is 28.9 Å². The van der Waals surface area contributed by atoms with Crippen molar-refractivity contribution in [2.75, 3.05) is 31.9 Å². The number of hydrogen-bond donors (Lipinski definition) is 2. The Kier molecular flexibility index (Phi) is 5.96. The summed E-state index contributed by atoms with van der Waals surface area (Å²) in [7, 11) is 0. The molecule has 1 saturated heterocycles. The molecule has 0 spiro atoms. The molecule has 0 aliphatic carbocycles. The fraction of sp³-hybridized carbons (Fsp3) is 0.208. The molecule has 2 aromatic heterocycles. The van der Waals surface area contributed by atoms with Gasteiger partial charge in [0.15, 0.2) is 11.5 Å². The predicted molar refractivity (Wildman–Crippen MR) is 124 cm³/mol. The SMILES string of the molecule is Nc1ncc(-c2ccc(C(=O)N3CCCNCC3)c(F)c2)nc1-c1nnc(-c2ccccc2)o1. The van der Waals surface area contributed by atoms with Crippen molar-refractivity contribution < 1.29 is 13.6 Å². The van der Waals surface area contributed by atoms with Crippen LogP contribution in [0.2, 0.25) is 0 Å². The van der Waals surface area contributed by atoms with Crippen LogP contribution in [0.15, 0.2) is 59.1 Å². The van der Waals surface area contributed by atoms with Gasteiger partial charge < -0.3 is 20.4 Å². The minimum absolute atomic E-state index is 0.0266. The number of hydrogen-bond acceptors (Lipinski definition) is 8. The molecule has 0 unspecified atom stereocenters. The average Bonchev–Trinajstić information content (AvgIpc) is 3.19. The fourth-order valence-corrected chi connectivity index (χ4v) is 3.78. The van der Waals surface area contributed by atoms with Crippen LogP contribution in [0.4, 0.5) is 10.2 Å². The molecular weight excluding hydrogens is 437 g/mol. The van der Waals surface area contributed by atoms with Crippen LogP contribution < -0.4 is 11.1 Å². The molecule has 2 aromatic carbocycles. The fourth-order valence-electron chi connectivity index (χ4n) is 3.78. The third-order valence-electron chi connectivity index (χ3n) is 5.57. The van der Waals surface area contributed by atoms with Crippen LogP contribution in [0, 0.1) is 5.82 Å². The number of benzene rings is 2. The molecule has 3 N–H and O–H groups in total. The van der Waals surface area contributed by atoms with E-state index in [1.165, 1.54) is 18.3 Å². The summed E-state index contributed by atoms with van der Waals surface area (Å²) in [4.78, 5) is 23.1. The van der Waals surface area contributed by atoms with Gasteiger partial charge in [0.2, 0.25) is 5.89 Å². The zero-order valence-electron chi connectivity index (χ0n) is 18.2. The number of nitrogens with one attached hydrogen (secondary N) is 1. The Morgan fingerprint density at radius 2 is 1.85 bits per heavy atom. The number of nitrogens with zero attached hydrogens (tertiary/aromatic N) is 5. The number of aromatic nitrogens is 4. The van der Waals surface area contributed by atoms with Crippen LogP contribution in [0.25, 0.3) is 34.3 Å². The number of carbonyl (C=O) groups excluding carboxylic acids is 1. The Morgan fingerprint density at radius 1 is 1.03 bits per heavy atom. The lowest BCUT2D eigenvalue weighted by atomic mass is 10.1. The minimum atomic E-state index is -0.621. The summed E-state index contributed by atoms with van der Waals surface area (Å²) in [5.41, 5.74) is 7.80. The first-order chi connectivity index (χ1) is 16.6. The van der Waals surface area contributed by atoms with Gasteiger partial charge in [0.1, 0.15) is 5.82 Å². The molecule has 4 aromatic rings. The van der Waals surface area contributed by atoms with Crippen molar-refractivity contribution in [2.45, 2.75) is 6.42 Å². The highest BCUT2D eigenvalue weighted by molar-refractivity contribution is 5.95. The van der Waals surface area contributed by atoms with E-state index in [4.69, 9.17) is 10.2 Å². The first-order valence-corrected chi connectivity index (χ1v) is 10.9. The monoisotopic (exact) mass is 459 g/mol. The molecule has 0 radical (unpaired) electrons. The molecule has 1 aliphatic heterocycles. The second kappa shape index (κ2) is 9.36. The van der Waals surface area contributed by atoms with E-state index in [2.05, 4.69) is 25.5 Å².